The molecule has 2 aromatic carbocycles. The fraction of sp³-hybridized carbons (Fsp3) is 0.296. The monoisotopic (exact) mass is 457 g/mol. The van der Waals surface area contributed by atoms with Crippen LogP contribution in [0.2, 0.25) is 0 Å². The third kappa shape index (κ3) is 6.20. The summed E-state index contributed by atoms with van der Waals surface area (Å²) < 4.78 is 0. The molecule has 2 N–H and O–H groups in total. The Bertz CT molecular complexity index is 1110. The molecule has 2 heterocycles. The van der Waals surface area contributed by atoms with Gasteiger partial charge in [-0.15, -0.1) is 0 Å². The third-order valence-electron chi connectivity index (χ3n) is 6.01. The van der Waals surface area contributed by atoms with E-state index < -0.39 is 0 Å². The van der Waals surface area contributed by atoms with Crippen molar-refractivity contribution in [2.24, 2.45) is 0 Å². The van der Waals surface area contributed by atoms with Crippen molar-refractivity contribution in [3.05, 3.63) is 84.2 Å². The Balaban J connectivity index is 1.35. The highest BCUT2D eigenvalue weighted by Crippen LogP contribution is 2.21. The number of nitrogens with one attached hydrogen (secondary N) is 2. The Morgan fingerprint density at radius 1 is 0.941 bits per heavy atom. The highest BCUT2D eigenvalue weighted by Gasteiger charge is 2.14. The van der Waals surface area contributed by atoms with Crippen molar-refractivity contribution in [3.8, 4) is 0 Å². The summed E-state index contributed by atoms with van der Waals surface area (Å²) >= 11 is 0. The van der Waals surface area contributed by atoms with E-state index in [4.69, 9.17) is 0 Å². The summed E-state index contributed by atoms with van der Waals surface area (Å²) in [5, 5.41) is 6.33. The van der Waals surface area contributed by atoms with Crippen LogP contribution in [0.25, 0.3) is 0 Å². The van der Waals surface area contributed by atoms with Crippen LogP contribution in [0.15, 0.2) is 73.1 Å². The molecule has 1 aliphatic rings. The fourth-order valence-corrected chi connectivity index (χ4v) is 4.13. The Hall–Kier alpha value is -3.71. The predicted octanol–water partition coefficient (Wildman–Crippen LogP) is 4.32. The lowest BCUT2D eigenvalue weighted by molar-refractivity contribution is 0.0950. The molecule has 1 fully saturated rings. The topological polar surface area (TPSA) is 77.6 Å². The molecule has 0 unspecified atom stereocenters. The number of hydrogen-bond donors (Lipinski definition) is 2. The lowest BCUT2D eigenvalue weighted by Crippen LogP contribution is -2.28. The first-order valence-corrected chi connectivity index (χ1v) is 11.8. The number of aromatic nitrogens is 1. The molecule has 34 heavy (non-hydrogen) atoms. The SMILES string of the molecule is CN(C(=O)c1cccc(Nc2cccc(C(=O)NCCCN3CCCC3)c2)c1)c1ccncc1. The highest BCUT2D eigenvalue weighted by molar-refractivity contribution is 6.06. The van der Waals surface area contributed by atoms with Gasteiger partial charge in [0.2, 0.25) is 0 Å². The molecule has 0 spiro atoms. The van der Waals surface area contributed by atoms with E-state index in [0.717, 1.165) is 30.0 Å². The molecular weight excluding hydrogens is 426 g/mol. The minimum Gasteiger partial charge on any atom is -0.355 e. The number of hydrogen-bond acceptors (Lipinski definition) is 5. The van der Waals surface area contributed by atoms with Gasteiger partial charge in [-0.25, -0.2) is 0 Å². The second-order valence-corrected chi connectivity index (χ2v) is 8.51. The Kier molecular flexibility index (Phi) is 7.88. The van der Waals surface area contributed by atoms with E-state index in [9.17, 15) is 9.59 Å². The molecule has 0 atom stereocenters. The number of amides is 2. The number of benzene rings is 2. The van der Waals surface area contributed by atoms with Gasteiger partial charge < -0.3 is 20.4 Å². The minimum absolute atomic E-state index is 0.0759. The first-order chi connectivity index (χ1) is 16.6. The van der Waals surface area contributed by atoms with Crippen LogP contribution in [0, 0.1) is 0 Å². The second kappa shape index (κ2) is 11.4. The molecule has 0 bridgehead atoms. The molecule has 0 aliphatic carbocycles. The van der Waals surface area contributed by atoms with Gasteiger partial charge in [0.15, 0.2) is 0 Å². The molecule has 1 aliphatic heterocycles. The van der Waals surface area contributed by atoms with Crippen LogP contribution in [0.4, 0.5) is 17.1 Å². The van der Waals surface area contributed by atoms with Crippen molar-refractivity contribution in [1.82, 2.24) is 15.2 Å². The molecule has 0 saturated carbocycles. The summed E-state index contributed by atoms with van der Waals surface area (Å²) in [6.07, 6.45) is 6.84. The van der Waals surface area contributed by atoms with Crippen LogP contribution in [-0.2, 0) is 0 Å². The maximum atomic E-state index is 12.9. The summed E-state index contributed by atoms with van der Waals surface area (Å²) in [6.45, 7) is 4.05. The molecule has 4 rings (SSSR count). The first kappa shape index (κ1) is 23.4. The predicted molar refractivity (Wildman–Crippen MR) is 136 cm³/mol. The number of carbonyl (C=O) groups is 2. The van der Waals surface area contributed by atoms with Gasteiger partial charge >= 0.3 is 0 Å². The zero-order valence-electron chi connectivity index (χ0n) is 19.5. The van der Waals surface area contributed by atoms with Crippen molar-refractivity contribution in [3.63, 3.8) is 0 Å². The van der Waals surface area contributed by atoms with Gasteiger partial charge in [-0.2, -0.15) is 0 Å². The van der Waals surface area contributed by atoms with Crippen LogP contribution in [0.5, 0.6) is 0 Å². The van der Waals surface area contributed by atoms with E-state index in [1.165, 1.54) is 25.9 Å². The average Bonchev–Trinajstić information content (AvgIpc) is 3.40. The number of likely N-dealkylation sites (tertiary alicyclic amines) is 1. The van der Waals surface area contributed by atoms with Crippen LogP contribution in [-0.4, -0.2) is 54.9 Å². The van der Waals surface area contributed by atoms with E-state index in [1.807, 2.05) is 42.5 Å². The Morgan fingerprint density at radius 3 is 2.29 bits per heavy atom. The van der Waals surface area contributed by atoms with Gasteiger partial charge in [-0.1, -0.05) is 12.1 Å². The quantitative estimate of drug-likeness (QED) is 0.468. The van der Waals surface area contributed by atoms with Crippen LogP contribution in [0.3, 0.4) is 0 Å². The summed E-state index contributed by atoms with van der Waals surface area (Å²) in [4.78, 5) is 33.6. The fourth-order valence-electron chi connectivity index (χ4n) is 4.13. The largest absolute Gasteiger partial charge is 0.355 e. The number of carbonyl (C=O) groups excluding carboxylic acids is 2. The summed E-state index contributed by atoms with van der Waals surface area (Å²) in [7, 11) is 1.74. The maximum absolute atomic E-state index is 12.9. The van der Waals surface area contributed by atoms with Gasteiger partial charge in [-0.05, 0) is 87.4 Å². The molecule has 2 amide bonds. The zero-order chi connectivity index (χ0) is 23.8. The van der Waals surface area contributed by atoms with Gasteiger partial charge in [0.25, 0.3) is 11.8 Å². The number of anilines is 3. The van der Waals surface area contributed by atoms with Crippen molar-refractivity contribution in [1.29, 1.82) is 0 Å². The standard InChI is InChI=1S/C27H31N5O2/c1-31(25-11-14-28-15-12-25)27(34)22-8-5-10-24(20-22)30-23-9-4-7-21(19-23)26(33)29-13-6-18-32-16-2-3-17-32/h4-5,7-12,14-15,19-20,30H,2-3,6,13,16-18H2,1H3,(H,29,33). The third-order valence-corrected chi connectivity index (χ3v) is 6.01. The van der Waals surface area contributed by atoms with Crippen LogP contribution in [0.1, 0.15) is 40.0 Å². The average molecular weight is 458 g/mol. The van der Waals surface area contributed by atoms with Crippen molar-refractivity contribution in [2.75, 3.05) is 43.4 Å². The molecule has 0 radical (unpaired) electrons. The minimum atomic E-state index is -0.114. The molecule has 7 heteroatoms. The van der Waals surface area contributed by atoms with Crippen LogP contribution < -0.4 is 15.5 Å². The van der Waals surface area contributed by atoms with E-state index in [1.54, 1.807) is 42.5 Å². The second-order valence-electron chi connectivity index (χ2n) is 8.51. The van der Waals surface area contributed by atoms with E-state index in [0.29, 0.717) is 17.7 Å². The van der Waals surface area contributed by atoms with Crippen molar-refractivity contribution < 1.29 is 9.59 Å². The Labute approximate surface area is 200 Å². The van der Waals surface area contributed by atoms with Gasteiger partial charge in [0, 0.05) is 54.2 Å². The van der Waals surface area contributed by atoms with Crippen molar-refractivity contribution in [2.45, 2.75) is 19.3 Å². The lowest BCUT2D eigenvalue weighted by atomic mass is 10.1. The van der Waals surface area contributed by atoms with Gasteiger partial charge in [0.05, 0.1) is 0 Å². The molecule has 7 nitrogen and oxygen atoms in total. The molecule has 1 saturated heterocycles. The molecule has 1 aromatic heterocycles. The van der Waals surface area contributed by atoms with Crippen molar-refractivity contribution >= 4 is 28.9 Å². The number of rotatable bonds is 9. The van der Waals surface area contributed by atoms with E-state index in [2.05, 4.69) is 20.5 Å². The summed E-state index contributed by atoms with van der Waals surface area (Å²) in [5.74, 6) is -0.190. The van der Waals surface area contributed by atoms with Gasteiger partial charge in [0.1, 0.15) is 0 Å². The van der Waals surface area contributed by atoms with E-state index in [-0.39, 0.29) is 11.8 Å². The lowest BCUT2D eigenvalue weighted by Gasteiger charge is -2.17. The normalized spacial score (nSPS) is 13.4. The highest BCUT2D eigenvalue weighted by atomic mass is 16.2. The zero-order valence-corrected chi connectivity index (χ0v) is 19.5. The first-order valence-electron chi connectivity index (χ1n) is 11.8. The number of pyridine rings is 1. The Morgan fingerprint density at radius 2 is 1.59 bits per heavy atom. The van der Waals surface area contributed by atoms with Gasteiger partial charge in [-0.3, -0.25) is 14.6 Å². The molecule has 176 valence electrons. The van der Waals surface area contributed by atoms with Crippen LogP contribution >= 0.6 is 0 Å². The number of nitrogens with zero attached hydrogens (tertiary/aromatic N) is 3. The van der Waals surface area contributed by atoms with E-state index >= 15 is 0 Å². The summed E-state index contributed by atoms with van der Waals surface area (Å²) in [5.41, 5.74) is 3.51. The summed E-state index contributed by atoms with van der Waals surface area (Å²) in [6, 6.07) is 18.3. The smallest absolute Gasteiger partial charge is 0.258 e. The maximum Gasteiger partial charge on any atom is 0.258 e. The molecule has 3 aromatic rings. The molecular formula is C27H31N5O2.